The number of halogens is 1. The number of anilines is 3. The first-order chi connectivity index (χ1) is 24.8. The normalized spacial score (nSPS) is 11.5. The van der Waals surface area contributed by atoms with Gasteiger partial charge in [-0.25, -0.2) is 9.59 Å². The number of hydrogen-bond acceptors (Lipinski definition) is 10. The van der Waals surface area contributed by atoms with Crippen molar-refractivity contribution < 1.29 is 33.4 Å². The molecule has 4 aromatic carbocycles. The molecule has 5 rings (SSSR count). The highest BCUT2D eigenvalue weighted by molar-refractivity contribution is 6.40. The molecule has 52 heavy (non-hydrogen) atoms. The molecule has 0 spiro atoms. The van der Waals surface area contributed by atoms with Gasteiger partial charge in [0, 0.05) is 22.8 Å². The van der Waals surface area contributed by atoms with E-state index in [1.165, 1.54) is 41.3 Å². The molecule has 0 fully saturated rings. The molecule has 0 saturated heterocycles. The quantitative estimate of drug-likeness (QED) is 0.110. The molecule has 0 bridgehead atoms. The first kappa shape index (κ1) is 36.7. The van der Waals surface area contributed by atoms with Gasteiger partial charge in [-0.15, -0.1) is 5.10 Å². The van der Waals surface area contributed by atoms with Gasteiger partial charge in [-0.2, -0.15) is 4.68 Å². The number of nitrogens with one attached hydrogen (secondary N) is 4. The zero-order chi connectivity index (χ0) is 37.3. The molecular weight excluding hydrogens is 692 g/mol. The van der Waals surface area contributed by atoms with E-state index in [1.807, 2.05) is 0 Å². The summed E-state index contributed by atoms with van der Waals surface area (Å²) in [6.45, 7) is 5.25. The molecule has 1 unspecified atom stereocenters. The first-order valence-corrected chi connectivity index (χ1v) is 16.1. The molecule has 1 heterocycles. The summed E-state index contributed by atoms with van der Waals surface area (Å²) in [5.41, 5.74) is 1.38. The lowest BCUT2D eigenvalue weighted by molar-refractivity contribution is -0.137. The summed E-state index contributed by atoms with van der Waals surface area (Å²) in [4.78, 5) is 64.8. The summed E-state index contributed by atoms with van der Waals surface area (Å²) in [6, 6.07) is 24.3. The van der Waals surface area contributed by atoms with Crippen molar-refractivity contribution in [3.63, 3.8) is 0 Å². The molecule has 0 saturated carbocycles. The van der Waals surface area contributed by atoms with Gasteiger partial charge in [-0.05, 0) is 103 Å². The second-order valence-corrected chi connectivity index (χ2v) is 12.6. The van der Waals surface area contributed by atoms with Crippen LogP contribution < -0.4 is 26.0 Å². The number of hydrogen-bond donors (Lipinski definition) is 4. The predicted octanol–water partition coefficient (Wildman–Crippen LogP) is 5.19. The molecule has 1 aromatic heterocycles. The molecule has 0 aliphatic heterocycles. The van der Waals surface area contributed by atoms with Crippen LogP contribution in [0.15, 0.2) is 103 Å². The summed E-state index contributed by atoms with van der Waals surface area (Å²) < 4.78 is 11.9. The van der Waals surface area contributed by atoms with Gasteiger partial charge >= 0.3 is 23.9 Å². The molecule has 5 aromatic rings. The number of para-hydroxylation sites is 1. The molecule has 1 atom stereocenters. The number of tetrazole rings is 1. The van der Waals surface area contributed by atoms with Crippen molar-refractivity contribution in [2.75, 3.05) is 16.0 Å². The molecule has 0 aliphatic rings. The fraction of sp³-hybridized carbons (Fsp3) is 0.167. The molecule has 0 aliphatic carbocycles. The summed E-state index contributed by atoms with van der Waals surface area (Å²) in [5.74, 6) is -3.03. The number of aromatic nitrogens is 4. The van der Waals surface area contributed by atoms with Crippen molar-refractivity contribution in [2.45, 2.75) is 38.8 Å². The van der Waals surface area contributed by atoms with Crippen LogP contribution >= 0.6 is 11.6 Å². The lowest BCUT2D eigenvalue weighted by atomic mass is 10.0. The Hall–Kier alpha value is -6.61. The average Bonchev–Trinajstić information content (AvgIpc) is 3.64. The van der Waals surface area contributed by atoms with Crippen molar-refractivity contribution in [1.29, 1.82) is 0 Å². The molecule has 15 nitrogen and oxygen atoms in total. The van der Waals surface area contributed by atoms with Crippen LogP contribution in [-0.4, -0.2) is 61.6 Å². The van der Waals surface area contributed by atoms with E-state index in [1.54, 1.807) is 87.5 Å². The second-order valence-electron chi connectivity index (χ2n) is 12.2. The number of nitrogens with zero attached hydrogens (tertiary/aromatic N) is 4. The summed E-state index contributed by atoms with van der Waals surface area (Å²) in [6.07, 6.45) is 0.546. The summed E-state index contributed by atoms with van der Waals surface area (Å²) in [5, 5.41) is 21.6. The first-order valence-electron chi connectivity index (χ1n) is 15.7. The molecule has 4 amide bonds. The van der Waals surface area contributed by atoms with Crippen LogP contribution in [-0.2, 0) is 25.5 Å². The highest BCUT2D eigenvalue weighted by Crippen LogP contribution is 2.24. The predicted molar refractivity (Wildman–Crippen MR) is 191 cm³/mol. The lowest BCUT2D eigenvalue weighted by Gasteiger charge is -2.20. The van der Waals surface area contributed by atoms with E-state index in [-0.39, 0.29) is 22.7 Å². The second kappa shape index (κ2) is 16.4. The molecule has 4 N–H and O–H groups in total. The van der Waals surface area contributed by atoms with Crippen LogP contribution in [0.5, 0.6) is 5.75 Å². The standard InChI is InChI=1S/C36H33ClN8O7/c1-36(2,3)52-34(49)23-11-16-25(17-12-23)39-31(46)29(19-22-9-14-26(15-10-22)40-35(50)51-27-7-5-4-6-8-27)42-33(48)32(47)41-28-20-24(37)13-18-30(28)45-21-38-43-44-45/h4-18,20-21,29H,19H2,1-3H3,(H,39,46)(H,40,50)(H,41,47)(H,42,48). The largest absolute Gasteiger partial charge is 0.456 e. The zero-order valence-corrected chi connectivity index (χ0v) is 28.9. The number of amides is 4. The van der Waals surface area contributed by atoms with Crippen molar-refractivity contribution in [1.82, 2.24) is 25.5 Å². The van der Waals surface area contributed by atoms with Gasteiger partial charge in [0.1, 0.15) is 23.7 Å². The van der Waals surface area contributed by atoms with Crippen LogP contribution in [0.1, 0.15) is 36.7 Å². The molecule has 266 valence electrons. The molecular formula is C36H33ClN8O7. The highest BCUT2D eigenvalue weighted by atomic mass is 35.5. The van der Waals surface area contributed by atoms with E-state index in [0.29, 0.717) is 28.4 Å². The van der Waals surface area contributed by atoms with Crippen molar-refractivity contribution in [2.24, 2.45) is 0 Å². The lowest BCUT2D eigenvalue weighted by Crippen LogP contribution is -2.49. The van der Waals surface area contributed by atoms with Crippen molar-refractivity contribution >= 4 is 58.4 Å². The third-order valence-electron chi connectivity index (χ3n) is 7.01. The Balaban J connectivity index is 1.30. The van der Waals surface area contributed by atoms with Gasteiger partial charge in [0.25, 0.3) is 0 Å². The Morgan fingerprint density at radius 1 is 0.808 bits per heavy atom. The van der Waals surface area contributed by atoms with E-state index in [2.05, 4.69) is 36.8 Å². The van der Waals surface area contributed by atoms with Crippen LogP contribution in [0.2, 0.25) is 5.02 Å². The van der Waals surface area contributed by atoms with Crippen molar-refractivity contribution in [3.05, 3.63) is 120 Å². The minimum atomic E-state index is -1.26. The van der Waals surface area contributed by atoms with Gasteiger partial charge in [-0.1, -0.05) is 41.9 Å². The van der Waals surface area contributed by atoms with E-state index >= 15 is 0 Å². The van der Waals surface area contributed by atoms with Crippen LogP contribution in [0.3, 0.4) is 0 Å². The van der Waals surface area contributed by atoms with E-state index < -0.39 is 41.4 Å². The fourth-order valence-electron chi connectivity index (χ4n) is 4.65. The van der Waals surface area contributed by atoms with Gasteiger partial charge in [0.15, 0.2) is 0 Å². The summed E-state index contributed by atoms with van der Waals surface area (Å²) in [7, 11) is 0. The molecule has 0 radical (unpaired) electrons. The maximum Gasteiger partial charge on any atom is 0.417 e. The average molecular weight is 725 g/mol. The number of ether oxygens (including phenoxy) is 2. The summed E-state index contributed by atoms with van der Waals surface area (Å²) >= 11 is 6.14. The number of carbonyl (C=O) groups excluding carboxylic acids is 5. The van der Waals surface area contributed by atoms with E-state index in [0.717, 1.165) is 0 Å². The Morgan fingerprint density at radius 3 is 2.13 bits per heavy atom. The Bertz CT molecular complexity index is 2050. The smallest absolute Gasteiger partial charge is 0.417 e. The third-order valence-corrected chi connectivity index (χ3v) is 7.25. The Morgan fingerprint density at radius 2 is 1.48 bits per heavy atom. The fourth-order valence-corrected chi connectivity index (χ4v) is 4.82. The highest BCUT2D eigenvalue weighted by Gasteiger charge is 2.26. The zero-order valence-electron chi connectivity index (χ0n) is 28.1. The van der Waals surface area contributed by atoms with Crippen LogP contribution in [0, 0.1) is 0 Å². The van der Waals surface area contributed by atoms with Gasteiger partial charge in [0.05, 0.1) is 16.9 Å². The SMILES string of the molecule is CC(C)(C)OC(=O)c1ccc(NC(=O)C(Cc2ccc(NC(=O)Oc3ccccc3)cc2)NC(=O)C(=O)Nc2cc(Cl)ccc2-n2cnnn2)cc1. The minimum Gasteiger partial charge on any atom is -0.456 e. The number of carbonyl (C=O) groups is 5. The monoisotopic (exact) mass is 724 g/mol. The Labute approximate surface area is 302 Å². The third kappa shape index (κ3) is 10.4. The maximum atomic E-state index is 13.6. The maximum absolute atomic E-state index is 13.6. The topological polar surface area (TPSA) is 196 Å². The molecule has 16 heteroatoms. The van der Waals surface area contributed by atoms with Gasteiger partial charge in [0.2, 0.25) is 5.91 Å². The van der Waals surface area contributed by atoms with E-state index in [9.17, 15) is 24.0 Å². The van der Waals surface area contributed by atoms with Crippen LogP contribution in [0.25, 0.3) is 5.69 Å². The van der Waals surface area contributed by atoms with Crippen LogP contribution in [0.4, 0.5) is 21.9 Å². The Kier molecular flexibility index (Phi) is 11.6. The van der Waals surface area contributed by atoms with Crippen molar-refractivity contribution in [3.8, 4) is 11.4 Å². The van der Waals surface area contributed by atoms with Gasteiger partial charge < -0.3 is 25.4 Å². The number of esters is 1. The van der Waals surface area contributed by atoms with E-state index in [4.69, 9.17) is 21.1 Å². The number of rotatable bonds is 10. The minimum absolute atomic E-state index is 0.0529. The van der Waals surface area contributed by atoms with Gasteiger partial charge in [-0.3, -0.25) is 19.7 Å². The number of benzene rings is 4.